The summed E-state index contributed by atoms with van der Waals surface area (Å²) in [6.45, 7) is 6.19. The number of rotatable bonds is 14. The van der Waals surface area contributed by atoms with Crippen LogP contribution in [0.15, 0.2) is 85.7 Å². The van der Waals surface area contributed by atoms with Crippen molar-refractivity contribution in [3.63, 3.8) is 0 Å². The lowest BCUT2D eigenvalue weighted by Crippen LogP contribution is -2.52. The smallest absolute Gasteiger partial charge is 0.255 e. The quantitative estimate of drug-likeness (QED) is 0.0662. The van der Waals surface area contributed by atoms with Crippen LogP contribution in [0.2, 0.25) is 0 Å². The third kappa shape index (κ3) is 8.88. The minimum absolute atomic E-state index is 0.206. The highest BCUT2D eigenvalue weighted by molar-refractivity contribution is 6.06. The number of fused-ring (bicyclic) bond motifs is 2. The monoisotopic (exact) mass is 792 g/mol. The van der Waals surface area contributed by atoms with Crippen LogP contribution in [0.3, 0.4) is 0 Å². The van der Waals surface area contributed by atoms with Gasteiger partial charge in [-0.25, -0.2) is 9.97 Å². The van der Waals surface area contributed by atoms with Gasteiger partial charge in [0.25, 0.3) is 5.91 Å². The van der Waals surface area contributed by atoms with Crippen LogP contribution in [0.25, 0.3) is 22.2 Å². The van der Waals surface area contributed by atoms with Crippen molar-refractivity contribution >= 4 is 45.9 Å². The number of hydrogen-bond acceptors (Lipinski definition) is 9. The van der Waals surface area contributed by atoms with Gasteiger partial charge in [-0.1, -0.05) is 42.7 Å². The van der Waals surface area contributed by atoms with E-state index in [0.717, 1.165) is 64.0 Å². The molecular formula is C46H48N8O5. The molecule has 4 amide bonds. The van der Waals surface area contributed by atoms with Crippen molar-refractivity contribution in [2.75, 3.05) is 51.1 Å². The van der Waals surface area contributed by atoms with E-state index in [9.17, 15) is 19.2 Å². The number of methoxy groups -OCH3 is 1. The predicted molar refractivity (Wildman–Crippen MR) is 228 cm³/mol. The van der Waals surface area contributed by atoms with Gasteiger partial charge in [0.2, 0.25) is 17.7 Å². The Kier molecular flexibility index (Phi) is 12.2. The number of aryl methyl sites for hydroxylation is 1. The summed E-state index contributed by atoms with van der Waals surface area (Å²) >= 11 is 0. The number of hydrogen-bond donors (Lipinski definition) is 2. The van der Waals surface area contributed by atoms with Crippen LogP contribution >= 0.6 is 0 Å². The summed E-state index contributed by atoms with van der Waals surface area (Å²) in [6, 6.07) is 18.8. The summed E-state index contributed by atoms with van der Waals surface area (Å²) < 4.78 is 7.98. The molecule has 3 aromatic carbocycles. The zero-order valence-corrected chi connectivity index (χ0v) is 33.9. The Morgan fingerprint density at radius 1 is 1.07 bits per heavy atom. The van der Waals surface area contributed by atoms with E-state index in [1.54, 1.807) is 24.3 Å². The average Bonchev–Trinajstić information content (AvgIpc) is 3.76. The van der Waals surface area contributed by atoms with Gasteiger partial charge in [0.05, 0.1) is 24.2 Å². The van der Waals surface area contributed by atoms with Crippen LogP contribution in [0.4, 0.5) is 11.4 Å². The SMILES string of the molecule is C=CC(=O)Nc1cc(Cc2nccc(-c3cn(C)c4ccccc34)n2)c(OC)cc1N(C)CCN(C)CCCC#Cc1cccc2c1CN(C1CCC(=O)NC1=O)C2=O. The van der Waals surface area contributed by atoms with Crippen molar-refractivity contribution in [2.24, 2.45) is 7.05 Å². The van der Waals surface area contributed by atoms with Gasteiger partial charge in [-0.15, -0.1) is 0 Å². The van der Waals surface area contributed by atoms with Gasteiger partial charge >= 0.3 is 0 Å². The first-order valence-electron chi connectivity index (χ1n) is 19.7. The number of imide groups is 1. The number of piperidine rings is 1. The van der Waals surface area contributed by atoms with Crippen molar-refractivity contribution in [3.05, 3.63) is 114 Å². The predicted octanol–water partition coefficient (Wildman–Crippen LogP) is 5.32. The van der Waals surface area contributed by atoms with Gasteiger partial charge in [0, 0.05) is 105 Å². The maximum Gasteiger partial charge on any atom is 0.255 e. The van der Waals surface area contributed by atoms with Crippen molar-refractivity contribution in [3.8, 4) is 28.8 Å². The maximum absolute atomic E-state index is 13.2. The number of nitrogens with zero attached hydrogens (tertiary/aromatic N) is 6. The lowest BCUT2D eigenvalue weighted by molar-refractivity contribution is -0.137. The second-order valence-corrected chi connectivity index (χ2v) is 14.9. The molecule has 2 aromatic heterocycles. The number of unbranched alkanes of at least 4 members (excludes halogenated alkanes) is 1. The molecule has 2 N–H and O–H groups in total. The van der Waals surface area contributed by atoms with Crippen molar-refractivity contribution in [1.29, 1.82) is 0 Å². The summed E-state index contributed by atoms with van der Waals surface area (Å²) in [6.07, 6.45) is 7.54. The number of amides is 4. The summed E-state index contributed by atoms with van der Waals surface area (Å²) in [5, 5.41) is 6.46. The Balaban J connectivity index is 0.972. The molecule has 0 spiro atoms. The van der Waals surface area contributed by atoms with E-state index in [2.05, 4.69) is 73.8 Å². The zero-order valence-electron chi connectivity index (χ0n) is 33.9. The van der Waals surface area contributed by atoms with E-state index in [4.69, 9.17) is 9.72 Å². The Morgan fingerprint density at radius 3 is 2.69 bits per heavy atom. The summed E-state index contributed by atoms with van der Waals surface area (Å²) in [5.41, 5.74) is 7.40. The summed E-state index contributed by atoms with van der Waals surface area (Å²) in [5.74, 6) is 6.56. The highest BCUT2D eigenvalue weighted by Gasteiger charge is 2.39. The van der Waals surface area contributed by atoms with Crippen LogP contribution in [-0.4, -0.2) is 94.8 Å². The molecule has 13 nitrogen and oxygen atoms in total. The highest BCUT2D eigenvalue weighted by atomic mass is 16.5. The zero-order chi connectivity index (χ0) is 41.6. The standard InChI is InChI=1S/C46H48N8O5/c1-6-43(55)49-37-25-31(26-42-47-21-20-36(48-42)35-28-53(4)38-17-10-9-15-32(35)38)41(59-5)27-40(37)52(3)24-23-51(2)22-11-7-8-13-30-14-12-16-33-34(30)29-54(46(33)58)39-18-19-44(56)50-45(39)57/h6,9-10,12,14-17,20-21,25,27-28,39H,1,7,11,18-19,22-24,26,29H2,2-5H3,(H,49,55)(H,50,56,57). The molecule has 0 radical (unpaired) electrons. The molecule has 0 saturated carbocycles. The minimum Gasteiger partial charge on any atom is -0.496 e. The number of likely N-dealkylation sites (N-methyl/N-ethyl adjacent to an activating group) is 2. The van der Waals surface area contributed by atoms with Crippen LogP contribution in [0.1, 0.15) is 58.6 Å². The van der Waals surface area contributed by atoms with Crippen molar-refractivity contribution < 1.29 is 23.9 Å². The number of anilines is 2. The Hall–Kier alpha value is -6.78. The van der Waals surface area contributed by atoms with E-state index in [-0.39, 0.29) is 24.1 Å². The molecule has 1 saturated heterocycles. The van der Waals surface area contributed by atoms with Crippen LogP contribution in [-0.2, 0) is 34.4 Å². The molecule has 5 aromatic rings. The molecule has 7 rings (SSSR count). The van der Waals surface area contributed by atoms with E-state index < -0.39 is 11.9 Å². The molecule has 4 heterocycles. The molecule has 2 aliphatic rings. The molecule has 302 valence electrons. The number of nitrogens with one attached hydrogen (secondary N) is 2. The Bertz CT molecular complexity index is 2520. The largest absolute Gasteiger partial charge is 0.496 e. The fraction of sp³-hybridized carbons (Fsp3) is 0.304. The van der Waals surface area contributed by atoms with E-state index in [1.807, 2.05) is 56.6 Å². The Morgan fingerprint density at radius 2 is 1.90 bits per heavy atom. The van der Waals surface area contributed by atoms with Crippen molar-refractivity contribution in [2.45, 2.75) is 44.7 Å². The number of para-hydroxylation sites is 1. The first-order valence-corrected chi connectivity index (χ1v) is 19.7. The van der Waals surface area contributed by atoms with E-state index in [0.29, 0.717) is 55.2 Å². The molecule has 0 aliphatic carbocycles. The van der Waals surface area contributed by atoms with Crippen LogP contribution in [0.5, 0.6) is 5.75 Å². The molecular weight excluding hydrogens is 745 g/mol. The molecule has 2 aliphatic heterocycles. The number of ether oxygens (including phenoxy) is 1. The molecule has 13 heteroatoms. The third-order valence-corrected chi connectivity index (χ3v) is 10.9. The molecule has 1 unspecified atom stereocenters. The van der Waals surface area contributed by atoms with E-state index >= 15 is 0 Å². The first-order chi connectivity index (χ1) is 28.5. The number of benzene rings is 3. The van der Waals surface area contributed by atoms with Crippen molar-refractivity contribution in [1.82, 2.24) is 29.7 Å². The highest BCUT2D eigenvalue weighted by Crippen LogP contribution is 2.36. The van der Waals surface area contributed by atoms with Gasteiger partial charge in [0.1, 0.15) is 17.6 Å². The van der Waals surface area contributed by atoms with Gasteiger partial charge in [0.15, 0.2) is 0 Å². The lowest BCUT2D eigenvalue weighted by atomic mass is 10.0. The third-order valence-electron chi connectivity index (χ3n) is 10.9. The molecule has 1 atom stereocenters. The van der Waals surface area contributed by atoms with E-state index in [1.165, 1.54) is 6.08 Å². The lowest BCUT2D eigenvalue weighted by Gasteiger charge is -2.29. The number of carbonyl (C=O) groups is 4. The van der Waals surface area contributed by atoms with Crippen LogP contribution in [0, 0.1) is 11.8 Å². The fourth-order valence-electron chi connectivity index (χ4n) is 7.74. The number of carbonyl (C=O) groups excluding carboxylic acids is 4. The topological polar surface area (TPSA) is 142 Å². The summed E-state index contributed by atoms with van der Waals surface area (Å²) in [4.78, 5) is 65.3. The summed E-state index contributed by atoms with van der Waals surface area (Å²) in [7, 11) is 7.71. The average molecular weight is 793 g/mol. The van der Waals surface area contributed by atoms with Gasteiger partial charge < -0.3 is 29.3 Å². The first kappa shape index (κ1) is 40.4. The molecule has 1 fully saturated rings. The number of aromatic nitrogens is 3. The van der Waals surface area contributed by atoms with Gasteiger partial charge in [-0.2, -0.15) is 0 Å². The van der Waals surface area contributed by atoms with Gasteiger partial charge in [-0.3, -0.25) is 24.5 Å². The Labute approximate surface area is 344 Å². The maximum atomic E-state index is 13.2. The molecule has 0 bridgehead atoms. The van der Waals surface area contributed by atoms with Gasteiger partial charge in [-0.05, 0) is 68.4 Å². The fourth-order valence-corrected chi connectivity index (χ4v) is 7.74. The second-order valence-electron chi connectivity index (χ2n) is 14.9. The second kappa shape index (κ2) is 17.8. The molecule has 59 heavy (non-hydrogen) atoms. The van der Waals surface area contributed by atoms with Crippen LogP contribution < -0.4 is 20.3 Å². The minimum atomic E-state index is -0.660. The normalized spacial score (nSPS) is 14.8.